The van der Waals surface area contributed by atoms with E-state index in [1.165, 1.54) is 6.26 Å². The second-order valence-electron chi connectivity index (χ2n) is 6.82. The summed E-state index contributed by atoms with van der Waals surface area (Å²) in [5, 5.41) is 0. The number of hydrogen-bond acceptors (Lipinski definition) is 6. The molecule has 0 bridgehead atoms. The Balaban J connectivity index is 1.48. The number of anilines is 3. The summed E-state index contributed by atoms with van der Waals surface area (Å²) >= 11 is 0. The maximum absolute atomic E-state index is 12.4. The highest BCUT2D eigenvalue weighted by molar-refractivity contribution is 5.91. The van der Waals surface area contributed by atoms with E-state index in [9.17, 15) is 4.79 Å². The van der Waals surface area contributed by atoms with Gasteiger partial charge in [0.05, 0.1) is 6.26 Å². The van der Waals surface area contributed by atoms with Gasteiger partial charge < -0.3 is 19.1 Å². The Morgan fingerprint density at radius 3 is 2.46 bits per heavy atom. The fraction of sp³-hybridized carbons (Fsp3) is 0.286. The van der Waals surface area contributed by atoms with Gasteiger partial charge in [-0.15, -0.1) is 0 Å². The van der Waals surface area contributed by atoms with E-state index < -0.39 is 0 Å². The molecule has 1 aromatic carbocycles. The summed E-state index contributed by atoms with van der Waals surface area (Å²) in [4.78, 5) is 27.8. The normalized spacial score (nSPS) is 14.2. The van der Waals surface area contributed by atoms with Crippen LogP contribution < -0.4 is 9.80 Å². The zero-order chi connectivity index (χ0) is 19.5. The molecule has 0 unspecified atom stereocenters. The third kappa shape index (κ3) is 3.69. The minimum Gasteiger partial charge on any atom is -0.459 e. The molecular formula is C21H23N5O2. The largest absolute Gasteiger partial charge is 0.459 e. The van der Waals surface area contributed by atoms with Crippen molar-refractivity contribution < 1.29 is 9.21 Å². The summed E-state index contributed by atoms with van der Waals surface area (Å²) in [6.45, 7) is 4.57. The molecule has 7 heteroatoms. The lowest BCUT2D eigenvalue weighted by molar-refractivity contribution is 0.0714. The highest BCUT2D eigenvalue weighted by Gasteiger charge is 2.25. The quantitative estimate of drug-likeness (QED) is 0.696. The van der Waals surface area contributed by atoms with Crippen LogP contribution in [0, 0.1) is 6.92 Å². The predicted molar refractivity (Wildman–Crippen MR) is 108 cm³/mol. The topological polar surface area (TPSA) is 65.7 Å². The first-order valence-electron chi connectivity index (χ1n) is 9.34. The Morgan fingerprint density at radius 2 is 1.79 bits per heavy atom. The molecule has 7 nitrogen and oxygen atoms in total. The highest BCUT2D eigenvalue weighted by atomic mass is 16.3. The first kappa shape index (κ1) is 18.0. The molecule has 0 aliphatic carbocycles. The van der Waals surface area contributed by atoms with E-state index >= 15 is 0 Å². The van der Waals surface area contributed by atoms with Crippen LogP contribution >= 0.6 is 0 Å². The second-order valence-corrected chi connectivity index (χ2v) is 6.82. The van der Waals surface area contributed by atoms with Crippen molar-refractivity contribution in [3.63, 3.8) is 0 Å². The average Bonchev–Trinajstić information content (AvgIpc) is 3.28. The van der Waals surface area contributed by atoms with Gasteiger partial charge in [-0.05, 0) is 31.2 Å². The second kappa shape index (κ2) is 7.72. The first-order chi connectivity index (χ1) is 13.6. The zero-order valence-electron chi connectivity index (χ0n) is 16.1. The molecule has 1 fully saturated rings. The fourth-order valence-corrected chi connectivity index (χ4v) is 3.30. The van der Waals surface area contributed by atoms with E-state index in [4.69, 9.17) is 9.40 Å². The molecule has 2 aromatic heterocycles. The third-order valence-electron chi connectivity index (χ3n) is 4.90. The average molecular weight is 377 g/mol. The van der Waals surface area contributed by atoms with E-state index in [1.807, 2.05) is 43.1 Å². The molecule has 0 spiro atoms. The summed E-state index contributed by atoms with van der Waals surface area (Å²) in [7, 11) is 2.00. The Kier molecular flexibility index (Phi) is 4.97. The maximum atomic E-state index is 12.4. The monoisotopic (exact) mass is 377 g/mol. The molecule has 4 rings (SSSR count). The van der Waals surface area contributed by atoms with Crippen LogP contribution in [-0.2, 0) is 0 Å². The van der Waals surface area contributed by atoms with Crippen LogP contribution in [0.2, 0.25) is 0 Å². The van der Waals surface area contributed by atoms with Crippen LogP contribution in [0.3, 0.4) is 0 Å². The number of aryl methyl sites for hydroxylation is 1. The third-order valence-corrected chi connectivity index (χ3v) is 4.90. The molecule has 28 heavy (non-hydrogen) atoms. The number of carbonyl (C=O) groups excluding carboxylic acids is 1. The van der Waals surface area contributed by atoms with Gasteiger partial charge in [0.15, 0.2) is 5.76 Å². The zero-order valence-corrected chi connectivity index (χ0v) is 16.1. The van der Waals surface area contributed by atoms with Crippen LogP contribution in [0.25, 0.3) is 0 Å². The van der Waals surface area contributed by atoms with Gasteiger partial charge in [0.25, 0.3) is 5.91 Å². The Labute approximate surface area is 164 Å². The Morgan fingerprint density at radius 1 is 1.04 bits per heavy atom. The van der Waals surface area contributed by atoms with Gasteiger partial charge >= 0.3 is 0 Å². The van der Waals surface area contributed by atoms with Gasteiger partial charge in [-0.25, -0.2) is 4.98 Å². The summed E-state index contributed by atoms with van der Waals surface area (Å²) in [6.07, 6.45) is 1.52. The summed E-state index contributed by atoms with van der Waals surface area (Å²) in [6, 6.07) is 15.5. The smallest absolute Gasteiger partial charge is 0.289 e. The Hall–Kier alpha value is -3.35. The Bertz CT molecular complexity index is 935. The first-order valence-corrected chi connectivity index (χ1v) is 9.34. The van der Waals surface area contributed by atoms with Gasteiger partial charge in [-0.3, -0.25) is 4.79 Å². The molecule has 1 saturated heterocycles. The number of piperazine rings is 1. The molecule has 1 aliphatic rings. The van der Waals surface area contributed by atoms with Crippen LogP contribution in [0.15, 0.2) is 59.2 Å². The lowest BCUT2D eigenvalue weighted by atomic mass is 10.3. The lowest BCUT2D eigenvalue weighted by Gasteiger charge is -2.34. The summed E-state index contributed by atoms with van der Waals surface area (Å²) < 4.78 is 5.22. The number of nitrogens with zero attached hydrogens (tertiary/aromatic N) is 5. The van der Waals surface area contributed by atoms with Crippen molar-refractivity contribution in [1.82, 2.24) is 14.9 Å². The van der Waals surface area contributed by atoms with Crippen LogP contribution in [-0.4, -0.2) is 54.0 Å². The molecule has 0 N–H and O–H groups in total. The number of furan rings is 1. The molecule has 1 amide bonds. The molecule has 144 valence electrons. The standard InChI is InChI=1S/C21H23N5O2/c1-16-15-19(24(2)17-7-4-3-5-8-17)23-21(22-16)26-12-10-25(11-13-26)20(27)18-9-6-14-28-18/h3-9,14-15H,10-13H2,1-2H3. The predicted octanol–water partition coefficient (Wildman–Crippen LogP) is 3.11. The van der Waals surface area contributed by atoms with E-state index in [1.54, 1.807) is 12.1 Å². The lowest BCUT2D eigenvalue weighted by Crippen LogP contribution is -2.49. The van der Waals surface area contributed by atoms with Crippen molar-refractivity contribution in [3.05, 3.63) is 66.2 Å². The summed E-state index contributed by atoms with van der Waals surface area (Å²) in [5.74, 6) is 1.86. The van der Waals surface area contributed by atoms with Crippen LogP contribution in [0.5, 0.6) is 0 Å². The van der Waals surface area contributed by atoms with Crippen molar-refractivity contribution in [2.24, 2.45) is 0 Å². The van der Waals surface area contributed by atoms with Gasteiger partial charge in [-0.2, -0.15) is 4.98 Å². The van der Waals surface area contributed by atoms with Gasteiger partial charge in [-0.1, -0.05) is 18.2 Å². The van der Waals surface area contributed by atoms with Crippen molar-refractivity contribution in [2.45, 2.75) is 6.92 Å². The number of carbonyl (C=O) groups is 1. The van der Waals surface area contributed by atoms with Crippen molar-refractivity contribution in [2.75, 3.05) is 43.0 Å². The number of para-hydroxylation sites is 1. The molecular weight excluding hydrogens is 354 g/mol. The van der Waals surface area contributed by atoms with Crippen molar-refractivity contribution in [1.29, 1.82) is 0 Å². The number of rotatable bonds is 4. The number of aromatic nitrogens is 2. The van der Waals surface area contributed by atoms with E-state index in [0.717, 1.165) is 17.2 Å². The minimum atomic E-state index is -0.0701. The highest BCUT2D eigenvalue weighted by Crippen LogP contribution is 2.24. The van der Waals surface area contributed by atoms with E-state index in [-0.39, 0.29) is 5.91 Å². The molecule has 1 aliphatic heterocycles. The molecule has 3 heterocycles. The van der Waals surface area contributed by atoms with Gasteiger partial charge in [0, 0.05) is 50.7 Å². The van der Waals surface area contributed by atoms with Gasteiger partial charge in [0.1, 0.15) is 5.82 Å². The molecule has 3 aromatic rings. The maximum Gasteiger partial charge on any atom is 0.289 e. The number of hydrogen-bond donors (Lipinski definition) is 0. The van der Waals surface area contributed by atoms with Crippen LogP contribution in [0.1, 0.15) is 16.2 Å². The number of amides is 1. The van der Waals surface area contributed by atoms with Gasteiger partial charge in [0.2, 0.25) is 5.95 Å². The van der Waals surface area contributed by atoms with E-state index in [0.29, 0.717) is 37.9 Å². The summed E-state index contributed by atoms with van der Waals surface area (Å²) in [5.41, 5.74) is 1.98. The number of benzene rings is 1. The van der Waals surface area contributed by atoms with Crippen molar-refractivity contribution >= 4 is 23.4 Å². The molecule has 0 atom stereocenters. The SMILES string of the molecule is Cc1cc(N(C)c2ccccc2)nc(N2CCN(C(=O)c3ccco3)CC2)n1. The minimum absolute atomic E-state index is 0.0701. The van der Waals surface area contributed by atoms with E-state index in [2.05, 4.69) is 26.9 Å². The molecule has 0 radical (unpaired) electrons. The van der Waals surface area contributed by atoms with Crippen molar-refractivity contribution in [3.8, 4) is 0 Å². The molecule has 0 saturated carbocycles. The van der Waals surface area contributed by atoms with Crippen LogP contribution in [0.4, 0.5) is 17.5 Å². The fourth-order valence-electron chi connectivity index (χ4n) is 3.30.